The molecular formula is C26H39NO2. The lowest BCUT2D eigenvalue weighted by atomic mass is 10.1. The van der Waals surface area contributed by atoms with Gasteiger partial charge < -0.3 is 4.42 Å². The van der Waals surface area contributed by atoms with Gasteiger partial charge >= 0.3 is 0 Å². The largest absolute Gasteiger partial charge is 0.434 e. The minimum atomic E-state index is 0.0261. The highest BCUT2D eigenvalue weighted by Crippen LogP contribution is 2.20. The Bertz CT molecular complexity index is 744. The molecular weight excluding hydrogens is 358 g/mol. The van der Waals surface area contributed by atoms with Gasteiger partial charge in [-0.1, -0.05) is 82.6 Å². The lowest BCUT2D eigenvalue weighted by molar-refractivity contribution is 0.0947. The number of rotatable bonds is 16. The first-order valence-electron chi connectivity index (χ1n) is 11.8. The third-order valence-corrected chi connectivity index (χ3v) is 5.52. The number of aryl methyl sites for hydroxylation is 1. The van der Waals surface area contributed by atoms with Crippen molar-refractivity contribution in [1.29, 1.82) is 0 Å². The summed E-state index contributed by atoms with van der Waals surface area (Å²) in [5.41, 5.74) is 2.56. The molecule has 29 heavy (non-hydrogen) atoms. The Hall–Kier alpha value is -1.90. The third kappa shape index (κ3) is 8.97. The molecule has 0 bridgehead atoms. The van der Waals surface area contributed by atoms with E-state index in [2.05, 4.69) is 24.1 Å². The summed E-state index contributed by atoms with van der Waals surface area (Å²) < 4.78 is 5.62. The molecule has 0 saturated carbocycles. The topological polar surface area (TPSA) is 43.1 Å². The van der Waals surface area contributed by atoms with Crippen molar-refractivity contribution in [3.8, 4) is 0 Å². The van der Waals surface area contributed by atoms with E-state index in [0.717, 1.165) is 23.9 Å². The van der Waals surface area contributed by atoms with Gasteiger partial charge in [0.15, 0.2) is 5.58 Å². The Morgan fingerprint density at radius 2 is 1.52 bits per heavy atom. The number of unbranched alkanes of at least 4 members (excludes halogenated alkanes) is 11. The number of nitrogens with zero attached hydrogens (tertiary/aromatic N) is 1. The van der Waals surface area contributed by atoms with Crippen molar-refractivity contribution in [1.82, 2.24) is 4.98 Å². The van der Waals surface area contributed by atoms with E-state index in [-0.39, 0.29) is 11.7 Å². The summed E-state index contributed by atoms with van der Waals surface area (Å²) in [5, 5.41) is 0. The number of aromatic nitrogens is 1. The number of fused-ring (bicyclic) bond motifs is 1. The highest BCUT2D eigenvalue weighted by molar-refractivity contribution is 5.94. The quantitative estimate of drug-likeness (QED) is 0.162. The van der Waals surface area contributed by atoms with Crippen LogP contribution in [0, 0.1) is 6.92 Å². The van der Waals surface area contributed by atoms with Crippen molar-refractivity contribution in [2.24, 2.45) is 0 Å². The maximum Gasteiger partial charge on any atom is 0.264 e. The predicted octanol–water partition coefficient (Wildman–Crippen LogP) is 8.36. The molecule has 160 valence electrons. The average Bonchev–Trinajstić information content (AvgIpc) is 3.17. The molecule has 0 N–H and O–H groups in total. The van der Waals surface area contributed by atoms with E-state index in [1.165, 1.54) is 70.6 Å². The van der Waals surface area contributed by atoms with Crippen LogP contribution in [0.1, 0.15) is 113 Å². The second-order valence-electron chi connectivity index (χ2n) is 8.20. The maximum atomic E-state index is 12.3. The van der Waals surface area contributed by atoms with E-state index in [1.54, 1.807) is 0 Å². The van der Waals surface area contributed by atoms with E-state index in [4.69, 9.17) is 4.42 Å². The molecule has 0 aliphatic rings. The number of hydrogen-bond acceptors (Lipinski definition) is 3. The Morgan fingerprint density at radius 3 is 2.17 bits per heavy atom. The maximum absolute atomic E-state index is 12.3. The minimum Gasteiger partial charge on any atom is -0.434 e. The third-order valence-electron chi connectivity index (χ3n) is 5.52. The van der Waals surface area contributed by atoms with E-state index in [1.807, 2.05) is 25.1 Å². The number of ketones is 1. The standard InChI is InChI=1S/C26H39NO2/c1-3-4-5-6-7-8-9-10-11-12-13-14-15-16-17-20-23(28)26-27-25-22(2)19-18-21-24(25)29-26/h10-11,18-19,21H,3-9,12-17,20H2,1-2H3/b11-10-. The summed E-state index contributed by atoms with van der Waals surface area (Å²) in [6, 6.07) is 5.79. The number of carbonyl (C=O) groups is 1. The number of allylic oxidation sites excluding steroid dienone is 2. The van der Waals surface area contributed by atoms with Gasteiger partial charge in [0.25, 0.3) is 5.89 Å². The monoisotopic (exact) mass is 397 g/mol. The number of carbonyl (C=O) groups excluding carboxylic acids is 1. The highest BCUT2D eigenvalue weighted by Gasteiger charge is 2.14. The molecule has 2 aromatic rings. The average molecular weight is 398 g/mol. The van der Waals surface area contributed by atoms with E-state index in [9.17, 15) is 4.79 Å². The van der Waals surface area contributed by atoms with Crippen LogP contribution in [0.15, 0.2) is 34.8 Å². The summed E-state index contributed by atoms with van der Waals surface area (Å²) in [4.78, 5) is 16.7. The van der Waals surface area contributed by atoms with Crippen LogP contribution in [-0.2, 0) is 0 Å². The van der Waals surface area contributed by atoms with Crippen molar-refractivity contribution in [3.05, 3.63) is 41.8 Å². The second-order valence-corrected chi connectivity index (χ2v) is 8.20. The van der Waals surface area contributed by atoms with Gasteiger partial charge in [-0.15, -0.1) is 0 Å². The molecule has 0 fully saturated rings. The van der Waals surface area contributed by atoms with Gasteiger partial charge in [-0.3, -0.25) is 4.79 Å². The van der Waals surface area contributed by atoms with Crippen molar-refractivity contribution in [2.45, 2.75) is 104 Å². The number of benzene rings is 1. The van der Waals surface area contributed by atoms with Crippen LogP contribution >= 0.6 is 0 Å². The van der Waals surface area contributed by atoms with Crippen LogP contribution in [0.5, 0.6) is 0 Å². The summed E-state index contributed by atoms with van der Waals surface area (Å²) in [5.74, 6) is 0.294. The first-order chi connectivity index (χ1) is 14.2. The molecule has 2 rings (SSSR count). The zero-order chi connectivity index (χ0) is 20.7. The second kappa shape index (κ2) is 14.1. The van der Waals surface area contributed by atoms with E-state index in [0.29, 0.717) is 12.0 Å². The van der Waals surface area contributed by atoms with Crippen LogP contribution in [0.25, 0.3) is 11.1 Å². The van der Waals surface area contributed by atoms with Gasteiger partial charge in [0.2, 0.25) is 5.78 Å². The van der Waals surface area contributed by atoms with Gasteiger partial charge in [0.1, 0.15) is 5.52 Å². The fraction of sp³-hybridized carbons (Fsp3) is 0.615. The first kappa shape index (κ1) is 23.4. The van der Waals surface area contributed by atoms with Crippen molar-refractivity contribution in [3.63, 3.8) is 0 Å². The SMILES string of the molecule is CCCCCCCC/C=C\CCCCCCCC(=O)c1nc2c(C)cccc2o1. The molecule has 3 heteroatoms. The first-order valence-corrected chi connectivity index (χ1v) is 11.8. The van der Waals surface area contributed by atoms with Crippen LogP contribution < -0.4 is 0 Å². The Labute approximate surface area is 177 Å². The van der Waals surface area contributed by atoms with Crippen LogP contribution in [0.2, 0.25) is 0 Å². The lowest BCUT2D eigenvalue weighted by Gasteiger charge is -2.00. The fourth-order valence-electron chi connectivity index (χ4n) is 3.67. The lowest BCUT2D eigenvalue weighted by Crippen LogP contribution is -1.99. The normalized spacial score (nSPS) is 11.7. The fourth-order valence-corrected chi connectivity index (χ4v) is 3.67. The summed E-state index contributed by atoms with van der Waals surface area (Å²) >= 11 is 0. The predicted molar refractivity (Wildman–Crippen MR) is 123 cm³/mol. The summed E-state index contributed by atoms with van der Waals surface area (Å²) in [7, 11) is 0. The Kier molecular flexibility index (Phi) is 11.4. The molecule has 0 spiro atoms. The molecule has 0 amide bonds. The minimum absolute atomic E-state index is 0.0261. The van der Waals surface area contributed by atoms with Crippen molar-refractivity contribution >= 4 is 16.9 Å². The summed E-state index contributed by atoms with van der Waals surface area (Å²) in [6.45, 7) is 4.26. The number of para-hydroxylation sites is 1. The molecule has 1 aromatic heterocycles. The molecule has 0 saturated heterocycles. The van der Waals surface area contributed by atoms with Crippen LogP contribution in [-0.4, -0.2) is 10.8 Å². The molecule has 0 atom stereocenters. The van der Waals surface area contributed by atoms with Crippen LogP contribution in [0.4, 0.5) is 0 Å². The smallest absolute Gasteiger partial charge is 0.264 e. The number of Topliss-reactive ketones (excluding diaryl/α,β-unsaturated/α-hetero) is 1. The van der Waals surface area contributed by atoms with Gasteiger partial charge in [0.05, 0.1) is 0 Å². The molecule has 0 radical (unpaired) electrons. The van der Waals surface area contributed by atoms with Gasteiger partial charge in [-0.2, -0.15) is 0 Å². The van der Waals surface area contributed by atoms with Crippen molar-refractivity contribution < 1.29 is 9.21 Å². The number of oxazole rings is 1. The number of hydrogen-bond donors (Lipinski definition) is 0. The summed E-state index contributed by atoms with van der Waals surface area (Å²) in [6.07, 6.45) is 21.6. The Morgan fingerprint density at radius 1 is 0.897 bits per heavy atom. The zero-order valence-electron chi connectivity index (χ0n) is 18.5. The van der Waals surface area contributed by atoms with E-state index < -0.39 is 0 Å². The molecule has 0 aliphatic heterocycles. The van der Waals surface area contributed by atoms with Gasteiger partial charge in [-0.25, -0.2) is 4.98 Å². The van der Waals surface area contributed by atoms with E-state index >= 15 is 0 Å². The highest BCUT2D eigenvalue weighted by atomic mass is 16.4. The molecule has 1 aromatic carbocycles. The zero-order valence-corrected chi connectivity index (χ0v) is 18.5. The molecule has 0 aliphatic carbocycles. The van der Waals surface area contributed by atoms with Crippen LogP contribution in [0.3, 0.4) is 0 Å². The molecule has 0 unspecified atom stereocenters. The molecule has 1 heterocycles. The Balaban J connectivity index is 1.46. The van der Waals surface area contributed by atoms with Gasteiger partial charge in [0, 0.05) is 6.42 Å². The molecule has 3 nitrogen and oxygen atoms in total. The van der Waals surface area contributed by atoms with Gasteiger partial charge in [-0.05, 0) is 50.7 Å². The van der Waals surface area contributed by atoms with Crippen molar-refractivity contribution in [2.75, 3.05) is 0 Å².